The number of aliphatic hydroxyl groups is 4. The van der Waals surface area contributed by atoms with Gasteiger partial charge in [-0.25, -0.2) is 9.59 Å². The third-order valence-electron chi connectivity index (χ3n) is 6.26. The van der Waals surface area contributed by atoms with Gasteiger partial charge < -0.3 is 48.8 Å². The van der Waals surface area contributed by atoms with Gasteiger partial charge in [0.25, 0.3) is 0 Å². The Labute approximate surface area is 251 Å². The molecule has 0 saturated heterocycles. The standard InChI is InChI=1S/C30H32O14/c1-15(31)41-19-9-5-17(13-21(19)39-3)7-11-23(33)43-29-27(37)25(35)26(36)28(38)30(29)44-24(34)12-8-18-6-10-20(42-16(2)32)22(14-18)40-4/h5-14,25-30,35-38H,1-4H3/b11-7+,12-8+/t25-,26-,27+,28+,29-,30+/m0/s1. The van der Waals surface area contributed by atoms with Gasteiger partial charge in [-0.1, -0.05) is 12.1 Å². The maximum atomic E-state index is 12.6. The zero-order valence-corrected chi connectivity index (χ0v) is 24.1. The van der Waals surface area contributed by atoms with E-state index >= 15 is 0 Å². The molecule has 4 N–H and O–H groups in total. The van der Waals surface area contributed by atoms with Crippen LogP contribution in [0.15, 0.2) is 48.6 Å². The molecule has 44 heavy (non-hydrogen) atoms. The molecule has 0 radical (unpaired) electrons. The smallest absolute Gasteiger partial charge is 0.331 e. The topological polar surface area (TPSA) is 205 Å². The highest BCUT2D eigenvalue weighted by atomic mass is 16.6. The molecule has 14 nitrogen and oxygen atoms in total. The van der Waals surface area contributed by atoms with Gasteiger partial charge in [-0.2, -0.15) is 0 Å². The van der Waals surface area contributed by atoms with Gasteiger partial charge in [-0.3, -0.25) is 9.59 Å². The van der Waals surface area contributed by atoms with Crippen molar-refractivity contribution >= 4 is 36.0 Å². The molecule has 0 unspecified atom stereocenters. The number of hydrogen-bond acceptors (Lipinski definition) is 14. The van der Waals surface area contributed by atoms with E-state index in [1.54, 1.807) is 0 Å². The van der Waals surface area contributed by atoms with Crippen LogP contribution in [0, 0.1) is 0 Å². The summed E-state index contributed by atoms with van der Waals surface area (Å²) in [5, 5.41) is 41.4. The summed E-state index contributed by atoms with van der Waals surface area (Å²) in [6.45, 7) is 2.45. The van der Waals surface area contributed by atoms with Crippen molar-refractivity contribution in [2.75, 3.05) is 14.2 Å². The first kappa shape index (κ1) is 33.7. The van der Waals surface area contributed by atoms with Crippen LogP contribution in [0.5, 0.6) is 23.0 Å². The minimum absolute atomic E-state index is 0.156. The first-order chi connectivity index (χ1) is 20.8. The molecule has 2 aromatic carbocycles. The van der Waals surface area contributed by atoms with Crippen LogP contribution >= 0.6 is 0 Å². The molecule has 2 aromatic rings. The first-order valence-corrected chi connectivity index (χ1v) is 13.1. The Morgan fingerprint density at radius 3 is 1.27 bits per heavy atom. The summed E-state index contributed by atoms with van der Waals surface area (Å²) in [7, 11) is 2.71. The average Bonchev–Trinajstić information content (AvgIpc) is 2.98. The lowest BCUT2D eigenvalue weighted by molar-refractivity contribution is -0.238. The number of hydrogen-bond donors (Lipinski definition) is 4. The second-order valence-electron chi connectivity index (χ2n) is 9.44. The number of esters is 4. The fraction of sp³-hybridized carbons (Fsp3) is 0.333. The van der Waals surface area contributed by atoms with Crippen molar-refractivity contribution in [1.82, 2.24) is 0 Å². The molecule has 1 saturated carbocycles. The number of benzene rings is 2. The predicted octanol–water partition coefficient (Wildman–Crippen LogP) is 0.562. The minimum atomic E-state index is -1.94. The molecule has 1 aliphatic rings. The molecule has 0 heterocycles. The van der Waals surface area contributed by atoms with Gasteiger partial charge in [0.1, 0.15) is 24.4 Å². The van der Waals surface area contributed by atoms with Crippen LogP contribution < -0.4 is 18.9 Å². The molecule has 0 amide bonds. The van der Waals surface area contributed by atoms with Crippen molar-refractivity contribution < 1.29 is 68.0 Å². The van der Waals surface area contributed by atoms with Crippen molar-refractivity contribution in [3.8, 4) is 23.0 Å². The van der Waals surface area contributed by atoms with Gasteiger partial charge in [0.05, 0.1) is 14.2 Å². The van der Waals surface area contributed by atoms with Crippen LogP contribution in [0.1, 0.15) is 25.0 Å². The Kier molecular flexibility index (Phi) is 11.6. The molecule has 0 bridgehead atoms. The number of rotatable bonds is 10. The highest BCUT2D eigenvalue weighted by Crippen LogP contribution is 2.31. The summed E-state index contributed by atoms with van der Waals surface area (Å²) in [4.78, 5) is 47.8. The maximum Gasteiger partial charge on any atom is 0.331 e. The van der Waals surface area contributed by atoms with Crippen molar-refractivity contribution in [3.63, 3.8) is 0 Å². The minimum Gasteiger partial charge on any atom is -0.493 e. The second kappa shape index (κ2) is 15.1. The molecule has 0 aliphatic heterocycles. The Morgan fingerprint density at radius 1 is 0.591 bits per heavy atom. The lowest BCUT2D eigenvalue weighted by atomic mass is 9.84. The summed E-state index contributed by atoms with van der Waals surface area (Å²) in [5.74, 6) is -2.50. The first-order valence-electron chi connectivity index (χ1n) is 13.1. The van der Waals surface area contributed by atoms with E-state index in [9.17, 15) is 39.6 Å². The number of carbonyl (C=O) groups is 4. The van der Waals surface area contributed by atoms with Crippen LogP contribution in [0.2, 0.25) is 0 Å². The quantitative estimate of drug-likeness (QED) is 0.164. The van der Waals surface area contributed by atoms with Crippen LogP contribution in [-0.2, 0) is 28.7 Å². The summed E-state index contributed by atoms with van der Waals surface area (Å²) in [6, 6.07) is 8.85. The number of aliphatic hydroxyl groups excluding tert-OH is 4. The van der Waals surface area contributed by atoms with Crippen molar-refractivity contribution in [2.45, 2.75) is 50.5 Å². The van der Waals surface area contributed by atoms with Crippen LogP contribution in [0.4, 0.5) is 0 Å². The number of ether oxygens (including phenoxy) is 6. The molecule has 14 heteroatoms. The van der Waals surface area contributed by atoms with E-state index in [4.69, 9.17) is 28.4 Å². The SMILES string of the molecule is COc1cc(/C=C/C(=O)O[C@@H]2[C@H](O)[C@@H](O)[C@H](O)[C@@H](O)[C@@H]2OC(=O)/C=C/c2ccc(OC(C)=O)c(OC)c2)ccc1OC(C)=O. The van der Waals surface area contributed by atoms with Gasteiger partial charge in [-0.05, 0) is 47.5 Å². The molecular weight excluding hydrogens is 584 g/mol. The molecule has 236 valence electrons. The molecule has 1 fully saturated rings. The average molecular weight is 617 g/mol. The van der Waals surface area contributed by atoms with E-state index in [1.807, 2.05) is 0 Å². The van der Waals surface area contributed by atoms with Gasteiger partial charge in [0.15, 0.2) is 35.2 Å². The molecule has 3 rings (SSSR count). The third-order valence-corrected chi connectivity index (χ3v) is 6.26. The zero-order chi connectivity index (χ0) is 32.6. The summed E-state index contributed by atoms with van der Waals surface area (Å²) >= 11 is 0. The Hall–Kier alpha value is -4.76. The summed E-state index contributed by atoms with van der Waals surface area (Å²) in [5.41, 5.74) is 0.861. The Morgan fingerprint density at radius 2 is 0.955 bits per heavy atom. The fourth-order valence-electron chi connectivity index (χ4n) is 4.18. The van der Waals surface area contributed by atoms with E-state index < -0.39 is 60.5 Å². The normalized spacial score (nSPS) is 23.2. The fourth-order valence-corrected chi connectivity index (χ4v) is 4.18. The maximum absolute atomic E-state index is 12.6. The van der Waals surface area contributed by atoms with Gasteiger partial charge in [0, 0.05) is 26.0 Å². The van der Waals surface area contributed by atoms with E-state index in [0.29, 0.717) is 11.1 Å². The lowest BCUT2D eigenvalue weighted by Gasteiger charge is -2.42. The van der Waals surface area contributed by atoms with Gasteiger partial charge >= 0.3 is 23.9 Å². The van der Waals surface area contributed by atoms with Crippen LogP contribution in [-0.4, -0.2) is 95.1 Å². The van der Waals surface area contributed by atoms with E-state index in [0.717, 1.165) is 12.2 Å². The van der Waals surface area contributed by atoms with E-state index in [-0.39, 0.29) is 23.0 Å². The third kappa shape index (κ3) is 8.64. The molecule has 0 aromatic heterocycles. The molecule has 0 spiro atoms. The summed E-state index contributed by atoms with van der Waals surface area (Å²) < 4.78 is 30.9. The van der Waals surface area contributed by atoms with Crippen molar-refractivity contribution in [2.24, 2.45) is 0 Å². The second-order valence-corrected chi connectivity index (χ2v) is 9.44. The van der Waals surface area contributed by atoms with Crippen molar-refractivity contribution in [3.05, 3.63) is 59.7 Å². The van der Waals surface area contributed by atoms with E-state index in [2.05, 4.69) is 0 Å². The lowest BCUT2D eigenvalue weighted by Crippen LogP contribution is -2.65. The molecule has 6 atom stereocenters. The monoisotopic (exact) mass is 616 g/mol. The van der Waals surface area contributed by atoms with E-state index in [1.165, 1.54) is 76.6 Å². The molecule has 1 aliphatic carbocycles. The van der Waals surface area contributed by atoms with Gasteiger partial charge in [-0.15, -0.1) is 0 Å². The highest BCUT2D eigenvalue weighted by molar-refractivity contribution is 5.88. The Balaban J connectivity index is 1.75. The highest BCUT2D eigenvalue weighted by Gasteiger charge is 2.52. The number of methoxy groups -OCH3 is 2. The van der Waals surface area contributed by atoms with Crippen LogP contribution in [0.25, 0.3) is 12.2 Å². The van der Waals surface area contributed by atoms with Gasteiger partial charge in [0.2, 0.25) is 0 Å². The number of carbonyl (C=O) groups excluding carboxylic acids is 4. The molecular formula is C30H32O14. The Bertz CT molecular complexity index is 1320. The summed E-state index contributed by atoms with van der Waals surface area (Å²) in [6.07, 6.45) is -6.75. The van der Waals surface area contributed by atoms with Crippen molar-refractivity contribution in [1.29, 1.82) is 0 Å². The zero-order valence-electron chi connectivity index (χ0n) is 24.1. The largest absolute Gasteiger partial charge is 0.493 e. The predicted molar refractivity (Wildman–Crippen MR) is 150 cm³/mol. The van der Waals surface area contributed by atoms with Crippen LogP contribution in [0.3, 0.4) is 0 Å².